The number of rotatable bonds is 6. The lowest BCUT2D eigenvalue weighted by Crippen LogP contribution is -2.33. The van der Waals surface area contributed by atoms with Crippen molar-refractivity contribution in [2.75, 3.05) is 33.1 Å². The molecule has 0 N–H and O–H groups in total. The lowest BCUT2D eigenvalue weighted by molar-refractivity contribution is -0.128. The number of methoxy groups -OCH3 is 2. The van der Waals surface area contributed by atoms with Crippen LogP contribution >= 0.6 is 11.8 Å². The van der Waals surface area contributed by atoms with Crippen molar-refractivity contribution in [2.45, 2.75) is 37.6 Å². The van der Waals surface area contributed by atoms with Crippen molar-refractivity contribution in [3.63, 3.8) is 0 Å². The third-order valence-corrected chi connectivity index (χ3v) is 6.54. The van der Waals surface area contributed by atoms with Gasteiger partial charge in [-0.25, -0.2) is 9.50 Å². The molecule has 7 nitrogen and oxygen atoms in total. The summed E-state index contributed by atoms with van der Waals surface area (Å²) in [6, 6.07) is 7.76. The van der Waals surface area contributed by atoms with Gasteiger partial charge in [0.1, 0.15) is 5.03 Å². The van der Waals surface area contributed by atoms with E-state index in [2.05, 4.69) is 5.10 Å². The minimum Gasteiger partial charge on any atom is -0.493 e. The van der Waals surface area contributed by atoms with Gasteiger partial charge in [0.15, 0.2) is 17.1 Å². The predicted molar refractivity (Wildman–Crippen MR) is 122 cm³/mol. The highest BCUT2D eigenvalue weighted by Gasteiger charge is 2.18. The molecule has 8 heteroatoms. The maximum atomic E-state index is 12.7. The number of carbonyl (C=O) groups excluding carboxylic acids is 1. The number of likely N-dealkylation sites (tertiary alicyclic amines) is 1. The smallest absolute Gasteiger partial charge is 0.232 e. The molecule has 1 saturated heterocycles. The fourth-order valence-electron chi connectivity index (χ4n) is 3.91. The zero-order valence-electron chi connectivity index (χ0n) is 18.3. The van der Waals surface area contributed by atoms with Gasteiger partial charge in [0.2, 0.25) is 5.91 Å². The van der Waals surface area contributed by atoms with Crippen molar-refractivity contribution in [2.24, 2.45) is 0 Å². The molecule has 4 rings (SSSR count). The molecular weight excluding hydrogens is 412 g/mol. The van der Waals surface area contributed by atoms with Crippen molar-refractivity contribution in [3.8, 4) is 22.6 Å². The molecule has 0 unspecified atom stereocenters. The van der Waals surface area contributed by atoms with E-state index >= 15 is 0 Å². The minimum absolute atomic E-state index is 0.196. The molecule has 0 saturated carbocycles. The summed E-state index contributed by atoms with van der Waals surface area (Å²) in [4.78, 5) is 19.5. The summed E-state index contributed by atoms with van der Waals surface area (Å²) in [5, 5.41) is 5.49. The highest BCUT2D eigenvalue weighted by atomic mass is 32.2. The number of amides is 1. The number of aryl methyl sites for hydroxylation is 1. The highest BCUT2D eigenvalue weighted by molar-refractivity contribution is 7.99. The van der Waals surface area contributed by atoms with Crippen LogP contribution in [0.3, 0.4) is 0 Å². The summed E-state index contributed by atoms with van der Waals surface area (Å²) in [5.41, 5.74) is 3.50. The van der Waals surface area contributed by atoms with Crippen molar-refractivity contribution < 1.29 is 14.3 Å². The van der Waals surface area contributed by atoms with Gasteiger partial charge in [0.05, 0.1) is 26.2 Å². The van der Waals surface area contributed by atoms with Crippen molar-refractivity contribution in [1.29, 1.82) is 0 Å². The molecule has 3 heterocycles. The van der Waals surface area contributed by atoms with Crippen LogP contribution in [0, 0.1) is 6.92 Å². The quantitative estimate of drug-likeness (QED) is 0.422. The summed E-state index contributed by atoms with van der Waals surface area (Å²) in [6.45, 7) is 3.71. The molecule has 0 radical (unpaired) electrons. The standard InChI is InChI=1S/C23H28N4O3S/c1-16-12-22(31-15-21(28)26-10-6-4-5-7-11-26)27-23(25-16)18(14-24-27)17-8-9-19(29-2)20(13-17)30-3/h8-9,12-14H,4-7,10-11,15H2,1-3H3. The Bertz CT molecular complexity index is 1070. The number of thioether (sulfide) groups is 1. The van der Waals surface area contributed by atoms with Crippen LogP contribution in [0.2, 0.25) is 0 Å². The summed E-state index contributed by atoms with van der Waals surface area (Å²) in [6.07, 6.45) is 6.44. The van der Waals surface area contributed by atoms with Gasteiger partial charge in [-0.05, 0) is 43.5 Å². The molecule has 0 spiro atoms. The Hall–Kier alpha value is -2.74. The molecule has 3 aromatic rings. The zero-order valence-corrected chi connectivity index (χ0v) is 19.1. The normalized spacial score (nSPS) is 14.5. The number of carbonyl (C=O) groups is 1. The Morgan fingerprint density at radius 1 is 1.06 bits per heavy atom. The lowest BCUT2D eigenvalue weighted by atomic mass is 10.1. The first-order valence-corrected chi connectivity index (χ1v) is 11.6. The van der Waals surface area contributed by atoms with E-state index in [4.69, 9.17) is 14.5 Å². The van der Waals surface area contributed by atoms with Gasteiger partial charge in [0.25, 0.3) is 0 Å². The SMILES string of the molecule is COc1ccc(-c2cnn3c(SCC(=O)N4CCCCCC4)cc(C)nc23)cc1OC. The molecule has 0 aliphatic carbocycles. The van der Waals surface area contributed by atoms with E-state index in [-0.39, 0.29) is 5.91 Å². The number of hydrogen-bond donors (Lipinski definition) is 0. The van der Waals surface area contributed by atoms with Crippen LogP contribution in [-0.2, 0) is 4.79 Å². The van der Waals surface area contributed by atoms with Crippen LogP contribution < -0.4 is 9.47 Å². The van der Waals surface area contributed by atoms with Crippen LogP contribution in [0.1, 0.15) is 31.4 Å². The topological polar surface area (TPSA) is 69.0 Å². The van der Waals surface area contributed by atoms with E-state index in [1.54, 1.807) is 14.2 Å². The number of fused-ring (bicyclic) bond motifs is 1. The Kier molecular flexibility index (Phi) is 6.65. The molecule has 2 aromatic heterocycles. The average Bonchev–Trinajstić information content (AvgIpc) is 3.02. The van der Waals surface area contributed by atoms with Gasteiger partial charge < -0.3 is 14.4 Å². The van der Waals surface area contributed by atoms with Crippen molar-refractivity contribution >= 4 is 23.3 Å². The Labute approximate surface area is 186 Å². The molecule has 1 aliphatic heterocycles. The van der Waals surface area contributed by atoms with Crippen LogP contribution in [0.25, 0.3) is 16.8 Å². The van der Waals surface area contributed by atoms with Crippen LogP contribution in [-0.4, -0.2) is 58.5 Å². The van der Waals surface area contributed by atoms with Crippen molar-refractivity contribution in [3.05, 3.63) is 36.2 Å². The molecular formula is C23H28N4O3S. The second-order valence-electron chi connectivity index (χ2n) is 7.68. The van der Waals surface area contributed by atoms with Crippen LogP contribution in [0.4, 0.5) is 0 Å². The number of aromatic nitrogens is 3. The summed E-state index contributed by atoms with van der Waals surface area (Å²) in [5.74, 6) is 1.94. The number of nitrogens with zero attached hydrogens (tertiary/aromatic N) is 4. The predicted octanol–water partition coefficient (Wildman–Crippen LogP) is 4.22. The minimum atomic E-state index is 0.196. The number of hydrogen-bond acceptors (Lipinski definition) is 6. The average molecular weight is 441 g/mol. The van der Waals surface area contributed by atoms with E-state index in [1.165, 1.54) is 24.6 Å². The molecule has 1 fully saturated rings. The molecule has 0 bridgehead atoms. The summed E-state index contributed by atoms with van der Waals surface area (Å²) in [7, 11) is 3.24. The Balaban J connectivity index is 1.60. The van der Waals surface area contributed by atoms with Crippen LogP contribution in [0.5, 0.6) is 11.5 Å². The van der Waals surface area contributed by atoms with Gasteiger partial charge >= 0.3 is 0 Å². The first-order chi connectivity index (χ1) is 15.1. The third kappa shape index (κ3) is 4.63. The van der Waals surface area contributed by atoms with Gasteiger partial charge in [0, 0.05) is 24.3 Å². The van der Waals surface area contributed by atoms with Gasteiger partial charge in [-0.15, -0.1) is 0 Å². The van der Waals surface area contributed by atoms with E-state index in [0.717, 1.165) is 53.4 Å². The molecule has 1 aliphatic rings. The van der Waals surface area contributed by atoms with Gasteiger partial charge in [-0.3, -0.25) is 4.79 Å². The Morgan fingerprint density at radius 2 is 1.81 bits per heavy atom. The van der Waals surface area contributed by atoms with E-state index < -0.39 is 0 Å². The largest absolute Gasteiger partial charge is 0.493 e. The van der Waals surface area contributed by atoms with Crippen molar-refractivity contribution in [1.82, 2.24) is 19.5 Å². The van der Waals surface area contributed by atoms with Crippen LogP contribution in [0.15, 0.2) is 35.5 Å². The second-order valence-corrected chi connectivity index (χ2v) is 8.68. The molecule has 1 amide bonds. The second kappa shape index (κ2) is 9.60. The number of benzene rings is 1. The third-order valence-electron chi connectivity index (χ3n) is 5.56. The van der Waals surface area contributed by atoms with Gasteiger partial charge in [-0.1, -0.05) is 30.7 Å². The first-order valence-electron chi connectivity index (χ1n) is 10.6. The highest BCUT2D eigenvalue weighted by Crippen LogP contribution is 2.34. The van der Waals surface area contributed by atoms with E-state index in [0.29, 0.717) is 17.3 Å². The molecule has 1 aromatic carbocycles. The summed E-state index contributed by atoms with van der Waals surface area (Å²) >= 11 is 1.52. The first kappa shape index (κ1) is 21.5. The van der Waals surface area contributed by atoms with E-state index in [1.807, 2.05) is 46.8 Å². The van der Waals surface area contributed by atoms with E-state index in [9.17, 15) is 4.79 Å². The number of ether oxygens (including phenoxy) is 2. The fraction of sp³-hybridized carbons (Fsp3) is 0.435. The fourth-order valence-corrected chi connectivity index (χ4v) is 4.87. The maximum Gasteiger partial charge on any atom is 0.232 e. The zero-order chi connectivity index (χ0) is 21.8. The molecule has 31 heavy (non-hydrogen) atoms. The Morgan fingerprint density at radius 3 is 2.52 bits per heavy atom. The van der Waals surface area contributed by atoms with Gasteiger partial charge in [-0.2, -0.15) is 5.10 Å². The maximum absolute atomic E-state index is 12.7. The summed E-state index contributed by atoms with van der Waals surface area (Å²) < 4.78 is 12.6. The molecule has 0 atom stereocenters. The monoisotopic (exact) mass is 440 g/mol. The lowest BCUT2D eigenvalue weighted by Gasteiger charge is -2.20. The molecule has 164 valence electrons.